The van der Waals surface area contributed by atoms with Gasteiger partial charge >= 0.3 is 0 Å². The monoisotopic (exact) mass is 225 g/mol. The van der Waals surface area contributed by atoms with Gasteiger partial charge < -0.3 is 5.73 Å². The minimum absolute atomic E-state index is 0.353. The zero-order chi connectivity index (χ0) is 10.8. The maximum Gasteiger partial charge on any atom is 0.0625 e. The third-order valence-corrected chi connectivity index (χ3v) is 4.40. The molecule has 15 heavy (non-hydrogen) atoms. The van der Waals surface area contributed by atoms with Crippen molar-refractivity contribution >= 4 is 11.8 Å². The van der Waals surface area contributed by atoms with Crippen molar-refractivity contribution in [2.24, 2.45) is 18.7 Å². The lowest BCUT2D eigenvalue weighted by Gasteiger charge is -2.31. The largest absolute Gasteiger partial charge is 0.327 e. The quantitative estimate of drug-likeness (QED) is 0.837. The first-order valence-corrected chi connectivity index (χ1v) is 6.44. The van der Waals surface area contributed by atoms with E-state index in [0.29, 0.717) is 11.3 Å². The zero-order valence-electron chi connectivity index (χ0n) is 9.39. The summed E-state index contributed by atoms with van der Waals surface area (Å²) < 4.78 is 1.85. The number of nitrogens with zero attached hydrogens (tertiary/aromatic N) is 2. The number of aromatic nitrogens is 2. The van der Waals surface area contributed by atoms with Crippen LogP contribution in [0.15, 0.2) is 17.3 Å². The first-order chi connectivity index (χ1) is 7.15. The maximum absolute atomic E-state index is 6.15. The fourth-order valence-corrected chi connectivity index (χ4v) is 3.53. The normalized spacial score (nSPS) is 31.8. The molecule has 0 amide bonds. The van der Waals surface area contributed by atoms with E-state index in [4.69, 9.17) is 5.73 Å². The molecule has 1 aliphatic carbocycles. The van der Waals surface area contributed by atoms with Crippen molar-refractivity contribution in [3.63, 3.8) is 0 Å². The van der Waals surface area contributed by atoms with E-state index in [0.717, 1.165) is 5.92 Å². The predicted octanol–water partition coefficient (Wildman–Crippen LogP) is 2.03. The van der Waals surface area contributed by atoms with Crippen molar-refractivity contribution < 1.29 is 0 Å². The van der Waals surface area contributed by atoms with E-state index in [-0.39, 0.29) is 0 Å². The van der Waals surface area contributed by atoms with Gasteiger partial charge in [0, 0.05) is 29.4 Å². The number of hydrogen-bond acceptors (Lipinski definition) is 3. The van der Waals surface area contributed by atoms with Gasteiger partial charge in [-0.05, 0) is 25.2 Å². The molecule has 3 unspecified atom stereocenters. The summed E-state index contributed by atoms with van der Waals surface area (Å²) in [5, 5.41) is 4.75. The van der Waals surface area contributed by atoms with Crippen LogP contribution in [0.2, 0.25) is 0 Å². The lowest BCUT2D eigenvalue weighted by atomic mass is 9.87. The van der Waals surface area contributed by atoms with E-state index in [1.54, 1.807) is 0 Å². The van der Waals surface area contributed by atoms with Gasteiger partial charge in [-0.1, -0.05) is 6.92 Å². The predicted molar refractivity (Wildman–Crippen MR) is 63.8 cm³/mol. The van der Waals surface area contributed by atoms with E-state index in [1.165, 1.54) is 24.2 Å². The Morgan fingerprint density at radius 1 is 1.53 bits per heavy atom. The summed E-state index contributed by atoms with van der Waals surface area (Å²) in [7, 11) is 1.95. The molecule has 0 saturated heterocycles. The van der Waals surface area contributed by atoms with Crippen LogP contribution in [0.25, 0.3) is 0 Å². The number of aryl methyl sites for hydroxylation is 1. The summed E-state index contributed by atoms with van der Waals surface area (Å²) in [6.07, 6.45) is 7.68. The van der Waals surface area contributed by atoms with Crippen molar-refractivity contribution in [2.45, 2.75) is 42.4 Å². The highest BCUT2D eigenvalue weighted by molar-refractivity contribution is 8.00. The maximum atomic E-state index is 6.15. The molecule has 0 aliphatic heterocycles. The Morgan fingerprint density at radius 2 is 2.33 bits per heavy atom. The van der Waals surface area contributed by atoms with E-state index < -0.39 is 0 Å². The molecule has 1 aliphatic rings. The molecule has 1 fully saturated rings. The highest BCUT2D eigenvalue weighted by Crippen LogP contribution is 2.35. The second-order valence-electron chi connectivity index (χ2n) is 4.59. The van der Waals surface area contributed by atoms with E-state index in [1.807, 2.05) is 29.7 Å². The molecule has 1 saturated carbocycles. The number of rotatable bonds is 2. The van der Waals surface area contributed by atoms with Crippen LogP contribution in [-0.2, 0) is 7.05 Å². The number of hydrogen-bond donors (Lipinski definition) is 1. The highest BCUT2D eigenvalue weighted by atomic mass is 32.2. The Hall–Kier alpha value is -0.480. The summed E-state index contributed by atoms with van der Waals surface area (Å²) in [6, 6.07) is 0.353. The molecule has 1 aromatic rings. The Labute approximate surface area is 95.4 Å². The van der Waals surface area contributed by atoms with Crippen molar-refractivity contribution in [1.82, 2.24) is 9.78 Å². The number of nitrogens with two attached hydrogens (primary N) is 1. The average Bonchev–Trinajstić information content (AvgIpc) is 2.58. The Balaban J connectivity index is 1.98. The summed E-state index contributed by atoms with van der Waals surface area (Å²) in [4.78, 5) is 1.24. The molecule has 1 heterocycles. The molecule has 0 radical (unpaired) electrons. The lowest BCUT2D eigenvalue weighted by molar-refractivity contribution is 0.357. The molecule has 2 rings (SSSR count). The Morgan fingerprint density at radius 3 is 3.00 bits per heavy atom. The molecular weight excluding hydrogens is 206 g/mol. The minimum Gasteiger partial charge on any atom is -0.327 e. The van der Waals surface area contributed by atoms with Crippen molar-refractivity contribution in [3.8, 4) is 0 Å². The van der Waals surface area contributed by atoms with Gasteiger partial charge in [0.15, 0.2) is 0 Å². The Kier molecular flexibility index (Phi) is 3.36. The molecule has 3 nitrogen and oxygen atoms in total. The summed E-state index contributed by atoms with van der Waals surface area (Å²) in [5.41, 5.74) is 6.15. The second kappa shape index (κ2) is 4.58. The third kappa shape index (κ3) is 2.75. The van der Waals surface area contributed by atoms with Gasteiger partial charge in [0.25, 0.3) is 0 Å². The second-order valence-corrected chi connectivity index (χ2v) is 5.90. The smallest absolute Gasteiger partial charge is 0.0625 e. The topological polar surface area (TPSA) is 43.8 Å². The standard InChI is InChI=1S/C11H19N3S/c1-8-3-4-10(12)11(5-8)15-9-6-13-14(2)7-9/h6-8,10-11H,3-5,12H2,1-2H3. The summed E-state index contributed by atoms with van der Waals surface area (Å²) in [5.74, 6) is 0.818. The van der Waals surface area contributed by atoms with Crippen molar-refractivity contribution in [1.29, 1.82) is 0 Å². The van der Waals surface area contributed by atoms with Gasteiger partial charge in [0.2, 0.25) is 0 Å². The van der Waals surface area contributed by atoms with Crippen LogP contribution in [0, 0.1) is 5.92 Å². The molecule has 3 atom stereocenters. The van der Waals surface area contributed by atoms with Crippen LogP contribution in [-0.4, -0.2) is 21.1 Å². The van der Waals surface area contributed by atoms with Gasteiger partial charge in [0.1, 0.15) is 0 Å². The lowest BCUT2D eigenvalue weighted by Crippen LogP contribution is -2.37. The number of thioether (sulfide) groups is 1. The molecule has 84 valence electrons. The van der Waals surface area contributed by atoms with Crippen LogP contribution in [0.5, 0.6) is 0 Å². The van der Waals surface area contributed by atoms with E-state index in [9.17, 15) is 0 Å². The van der Waals surface area contributed by atoms with Crippen LogP contribution < -0.4 is 5.73 Å². The fraction of sp³-hybridized carbons (Fsp3) is 0.727. The third-order valence-electron chi connectivity index (χ3n) is 3.07. The summed E-state index contributed by atoms with van der Waals surface area (Å²) in [6.45, 7) is 2.32. The molecular formula is C11H19N3S. The van der Waals surface area contributed by atoms with Gasteiger partial charge in [0.05, 0.1) is 6.20 Å². The SMILES string of the molecule is CC1CCC(N)C(Sc2cnn(C)c2)C1. The zero-order valence-corrected chi connectivity index (χ0v) is 10.2. The van der Waals surface area contributed by atoms with Gasteiger partial charge in [-0.25, -0.2) is 0 Å². The molecule has 0 aromatic carbocycles. The van der Waals surface area contributed by atoms with Gasteiger partial charge in [-0.3, -0.25) is 4.68 Å². The average molecular weight is 225 g/mol. The van der Waals surface area contributed by atoms with Crippen molar-refractivity contribution in [3.05, 3.63) is 12.4 Å². The minimum atomic E-state index is 0.353. The highest BCUT2D eigenvalue weighted by Gasteiger charge is 2.26. The first kappa shape index (κ1) is 11.0. The van der Waals surface area contributed by atoms with E-state index in [2.05, 4.69) is 18.2 Å². The van der Waals surface area contributed by atoms with Crippen LogP contribution in [0.1, 0.15) is 26.2 Å². The summed E-state index contributed by atoms with van der Waals surface area (Å²) >= 11 is 1.89. The first-order valence-electron chi connectivity index (χ1n) is 5.56. The molecule has 1 aromatic heterocycles. The molecule has 2 N–H and O–H groups in total. The Bertz CT molecular complexity index is 323. The van der Waals surface area contributed by atoms with Gasteiger partial charge in [-0.2, -0.15) is 5.10 Å². The van der Waals surface area contributed by atoms with E-state index >= 15 is 0 Å². The van der Waals surface area contributed by atoms with Gasteiger partial charge in [-0.15, -0.1) is 11.8 Å². The fourth-order valence-electron chi connectivity index (χ4n) is 2.12. The molecule has 0 bridgehead atoms. The van der Waals surface area contributed by atoms with Crippen LogP contribution in [0.3, 0.4) is 0 Å². The molecule has 0 spiro atoms. The van der Waals surface area contributed by atoms with Crippen LogP contribution in [0.4, 0.5) is 0 Å². The molecule has 4 heteroatoms. The van der Waals surface area contributed by atoms with Crippen LogP contribution >= 0.6 is 11.8 Å². The van der Waals surface area contributed by atoms with Crippen molar-refractivity contribution in [2.75, 3.05) is 0 Å².